The molecule has 2 aromatic carbocycles. The molecule has 144 valence electrons. The van der Waals surface area contributed by atoms with Gasteiger partial charge in [0.2, 0.25) is 5.91 Å². The Labute approximate surface area is 173 Å². The van der Waals surface area contributed by atoms with Crippen molar-refractivity contribution in [3.8, 4) is 0 Å². The number of rotatable bonds is 5. The molecular weight excluding hydrogens is 397 g/mol. The van der Waals surface area contributed by atoms with Crippen LogP contribution in [0.4, 0.5) is 0 Å². The number of hydrogen-bond donors (Lipinski definition) is 0. The lowest BCUT2D eigenvalue weighted by Gasteiger charge is -2.26. The molecule has 1 aliphatic carbocycles. The molecule has 0 spiro atoms. The topological polar surface area (TPSA) is 46.6 Å². The number of ether oxygens (including phenoxy) is 1. The maximum absolute atomic E-state index is 13.1. The number of fused-ring (bicyclic) bond motifs is 1. The number of nitrogens with zero attached hydrogens (tertiary/aromatic N) is 1. The summed E-state index contributed by atoms with van der Waals surface area (Å²) in [5, 5.41) is 0.789. The smallest absolute Gasteiger partial charge is 0.319 e. The fourth-order valence-corrected chi connectivity index (χ4v) is 4.51. The Hall–Kier alpha value is -2.30. The number of carbonyl (C=O) groups is 2. The molecule has 0 bridgehead atoms. The van der Waals surface area contributed by atoms with Crippen LogP contribution in [0.25, 0.3) is 0 Å². The Bertz CT molecular complexity index is 960. The van der Waals surface area contributed by atoms with Crippen LogP contribution in [0.1, 0.15) is 18.1 Å². The summed E-state index contributed by atoms with van der Waals surface area (Å²) in [6.45, 7) is 2.46. The van der Waals surface area contributed by atoms with Crippen molar-refractivity contribution in [2.75, 3.05) is 6.61 Å². The third-order valence-corrected chi connectivity index (χ3v) is 6.23. The molecule has 0 aromatic heterocycles. The van der Waals surface area contributed by atoms with E-state index in [9.17, 15) is 9.59 Å². The third-order valence-electron chi connectivity index (χ3n) is 5.49. The number of halogens is 2. The van der Waals surface area contributed by atoms with Gasteiger partial charge in [0.25, 0.3) is 0 Å². The standard InChI is InChI=1S/C22H19Cl2NO3/c1-2-28-21(27)22(15-8-10-17(23)18(24)12-15)16-9-11-19(26)25(20(16)22)13-14-6-4-3-5-7-14/h3-12,16,20H,2,13H2,1H3. The summed E-state index contributed by atoms with van der Waals surface area (Å²) in [6.07, 6.45) is 3.36. The van der Waals surface area contributed by atoms with Crippen LogP contribution in [-0.2, 0) is 26.3 Å². The van der Waals surface area contributed by atoms with Gasteiger partial charge in [0.15, 0.2) is 0 Å². The first-order valence-corrected chi connectivity index (χ1v) is 9.91. The van der Waals surface area contributed by atoms with Crippen molar-refractivity contribution in [1.29, 1.82) is 0 Å². The van der Waals surface area contributed by atoms with Crippen LogP contribution in [0.5, 0.6) is 0 Å². The fourth-order valence-electron chi connectivity index (χ4n) is 4.21. The molecule has 0 radical (unpaired) electrons. The summed E-state index contributed by atoms with van der Waals surface area (Å²) in [7, 11) is 0. The summed E-state index contributed by atoms with van der Waals surface area (Å²) in [5.74, 6) is -0.623. The van der Waals surface area contributed by atoms with Gasteiger partial charge in [-0.2, -0.15) is 0 Å². The minimum Gasteiger partial charge on any atom is -0.465 e. The molecule has 28 heavy (non-hydrogen) atoms. The van der Waals surface area contributed by atoms with E-state index in [1.165, 1.54) is 0 Å². The van der Waals surface area contributed by atoms with Gasteiger partial charge in [0.1, 0.15) is 5.41 Å². The van der Waals surface area contributed by atoms with Crippen LogP contribution in [0.3, 0.4) is 0 Å². The van der Waals surface area contributed by atoms with E-state index in [0.29, 0.717) is 22.2 Å². The zero-order valence-electron chi connectivity index (χ0n) is 15.3. The van der Waals surface area contributed by atoms with Crippen LogP contribution in [-0.4, -0.2) is 29.4 Å². The van der Waals surface area contributed by atoms with Gasteiger partial charge in [-0.3, -0.25) is 9.59 Å². The van der Waals surface area contributed by atoms with Crippen molar-refractivity contribution < 1.29 is 14.3 Å². The summed E-state index contributed by atoms with van der Waals surface area (Å²) in [4.78, 5) is 27.6. The van der Waals surface area contributed by atoms with E-state index in [-0.39, 0.29) is 30.4 Å². The van der Waals surface area contributed by atoms with Crippen molar-refractivity contribution >= 4 is 35.1 Å². The number of esters is 1. The Morgan fingerprint density at radius 1 is 1.14 bits per heavy atom. The molecule has 6 heteroatoms. The Balaban J connectivity index is 1.77. The maximum atomic E-state index is 13.1. The predicted molar refractivity (Wildman–Crippen MR) is 108 cm³/mol. The Kier molecular flexibility index (Phi) is 4.94. The van der Waals surface area contributed by atoms with Gasteiger partial charge in [-0.05, 0) is 36.3 Å². The number of benzene rings is 2. The monoisotopic (exact) mass is 415 g/mol. The van der Waals surface area contributed by atoms with E-state index in [4.69, 9.17) is 27.9 Å². The van der Waals surface area contributed by atoms with Gasteiger partial charge in [0.05, 0.1) is 22.7 Å². The second-order valence-electron chi connectivity index (χ2n) is 7.00. The lowest BCUT2D eigenvalue weighted by Crippen LogP contribution is -2.39. The predicted octanol–water partition coefficient (Wildman–Crippen LogP) is 4.39. The summed E-state index contributed by atoms with van der Waals surface area (Å²) < 4.78 is 5.43. The van der Waals surface area contributed by atoms with Gasteiger partial charge in [-0.15, -0.1) is 0 Å². The van der Waals surface area contributed by atoms with Crippen molar-refractivity contribution in [2.24, 2.45) is 5.92 Å². The molecule has 1 fully saturated rings. The highest BCUT2D eigenvalue weighted by Gasteiger charge is 2.74. The third kappa shape index (κ3) is 2.92. The number of carbonyl (C=O) groups excluding carboxylic acids is 2. The molecule has 1 saturated carbocycles. The molecule has 2 aromatic rings. The summed E-state index contributed by atoms with van der Waals surface area (Å²) in [5.41, 5.74) is 0.748. The first kappa shape index (κ1) is 19.0. The molecule has 4 nitrogen and oxygen atoms in total. The lowest BCUT2D eigenvalue weighted by molar-refractivity contribution is -0.147. The molecule has 1 aliphatic heterocycles. The number of hydrogen-bond acceptors (Lipinski definition) is 3. The molecule has 2 aliphatic rings. The van der Waals surface area contributed by atoms with Gasteiger partial charge in [-0.1, -0.05) is 65.7 Å². The molecule has 1 amide bonds. The van der Waals surface area contributed by atoms with Gasteiger partial charge >= 0.3 is 5.97 Å². The minimum atomic E-state index is -0.971. The number of amides is 1. The van der Waals surface area contributed by atoms with Gasteiger partial charge in [0, 0.05) is 12.5 Å². The van der Waals surface area contributed by atoms with Crippen LogP contribution in [0.2, 0.25) is 10.0 Å². The SMILES string of the molecule is CCOC(=O)C1(c2ccc(Cl)c(Cl)c2)C2C=CC(=O)N(Cc3ccccc3)C21. The van der Waals surface area contributed by atoms with Crippen molar-refractivity contribution in [1.82, 2.24) is 4.90 Å². The Morgan fingerprint density at radius 2 is 1.89 bits per heavy atom. The van der Waals surface area contributed by atoms with Crippen LogP contribution < -0.4 is 0 Å². The van der Waals surface area contributed by atoms with Crippen molar-refractivity contribution in [2.45, 2.75) is 24.9 Å². The van der Waals surface area contributed by atoms with E-state index in [2.05, 4.69) is 0 Å². The zero-order chi connectivity index (χ0) is 19.9. The zero-order valence-corrected chi connectivity index (χ0v) is 16.8. The second-order valence-corrected chi connectivity index (χ2v) is 7.81. The summed E-state index contributed by atoms with van der Waals surface area (Å²) in [6, 6.07) is 14.6. The van der Waals surface area contributed by atoms with Gasteiger partial charge in [-0.25, -0.2) is 0 Å². The largest absolute Gasteiger partial charge is 0.465 e. The van der Waals surface area contributed by atoms with E-state index in [1.54, 1.807) is 36.1 Å². The highest BCUT2D eigenvalue weighted by molar-refractivity contribution is 6.42. The molecular formula is C22H19Cl2NO3. The lowest BCUT2D eigenvalue weighted by atomic mass is 9.92. The average Bonchev–Trinajstić information content (AvgIpc) is 3.37. The van der Waals surface area contributed by atoms with E-state index < -0.39 is 5.41 Å². The van der Waals surface area contributed by atoms with Gasteiger partial charge < -0.3 is 9.64 Å². The molecule has 3 unspecified atom stereocenters. The summed E-state index contributed by atoms with van der Waals surface area (Å²) >= 11 is 12.3. The normalized spacial score (nSPS) is 25.4. The minimum absolute atomic E-state index is 0.115. The van der Waals surface area contributed by atoms with Crippen LogP contribution in [0, 0.1) is 5.92 Å². The highest BCUT2D eigenvalue weighted by atomic mass is 35.5. The first-order valence-electron chi connectivity index (χ1n) is 9.15. The molecule has 0 N–H and O–H groups in total. The quantitative estimate of drug-likeness (QED) is 0.680. The second kappa shape index (κ2) is 7.26. The van der Waals surface area contributed by atoms with E-state index in [1.807, 2.05) is 36.4 Å². The van der Waals surface area contributed by atoms with Crippen LogP contribution in [0.15, 0.2) is 60.7 Å². The van der Waals surface area contributed by atoms with Crippen LogP contribution >= 0.6 is 23.2 Å². The highest BCUT2D eigenvalue weighted by Crippen LogP contribution is 2.61. The molecule has 3 atom stereocenters. The van der Waals surface area contributed by atoms with E-state index in [0.717, 1.165) is 5.56 Å². The van der Waals surface area contributed by atoms with E-state index >= 15 is 0 Å². The Morgan fingerprint density at radius 3 is 2.57 bits per heavy atom. The maximum Gasteiger partial charge on any atom is 0.319 e. The fraction of sp³-hybridized carbons (Fsp3) is 0.273. The molecule has 1 heterocycles. The average molecular weight is 416 g/mol. The molecule has 4 rings (SSSR count). The van der Waals surface area contributed by atoms with Crippen molar-refractivity contribution in [3.63, 3.8) is 0 Å². The van der Waals surface area contributed by atoms with Crippen molar-refractivity contribution in [3.05, 3.63) is 81.9 Å². The molecule has 0 saturated heterocycles. The first-order chi connectivity index (χ1) is 13.5.